The van der Waals surface area contributed by atoms with Gasteiger partial charge in [-0.2, -0.15) is 0 Å². The van der Waals surface area contributed by atoms with Crippen molar-refractivity contribution in [1.82, 2.24) is 10.2 Å². The largest absolute Gasteiger partial charge is 0.380 e. The van der Waals surface area contributed by atoms with Gasteiger partial charge in [0.05, 0.1) is 6.10 Å². The molecule has 2 aliphatic rings. The summed E-state index contributed by atoms with van der Waals surface area (Å²) in [5.74, 6) is 0.630. The van der Waals surface area contributed by atoms with Crippen LogP contribution in [0.25, 0.3) is 0 Å². The first-order chi connectivity index (χ1) is 8.86. The smallest absolute Gasteiger partial charge is 0.0710 e. The van der Waals surface area contributed by atoms with Crippen molar-refractivity contribution < 1.29 is 4.74 Å². The second-order valence-corrected chi connectivity index (χ2v) is 5.43. The molecule has 0 amide bonds. The lowest BCUT2D eigenvalue weighted by molar-refractivity contribution is 0.107. The first-order valence-electron chi connectivity index (χ1n) is 6.90. The van der Waals surface area contributed by atoms with E-state index < -0.39 is 0 Å². The minimum absolute atomic E-state index is 0.441. The lowest BCUT2D eigenvalue weighted by Gasteiger charge is -2.29. The van der Waals surface area contributed by atoms with Gasteiger partial charge in [-0.25, -0.2) is 0 Å². The third-order valence-corrected chi connectivity index (χ3v) is 4.24. The summed E-state index contributed by atoms with van der Waals surface area (Å²) in [4.78, 5) is 2.54. The van der Waals surface area contributed by atoms with Crippen molar-refractivity contribution >= 4 is 0 Å². The van der Waals surface area contributed by atoms with Gasteiger partial charge in [0.15, 0.2) is 0 Å². The monoisotopic (exact) mass is 246 g/mol. The van der Waals surface area contributed by atoms with E-state index in [1.165, 1.54) is 24.1 Å². The highest BCUT2D eigenvalue weighted by Gasteiger charge is 2.27. The third kappa shape index (κ3) is 2.44. The lowest BCUT2D eigenvalue weighted by Crippen LogP contribution is -2.36. The molecule has 1 aromatic rings. The maximum atomic E-state index is 5.44. The number of hydrogen-bond acceptors (Lipinski definition) is 3. The maximum Gasteiger partial charge on any atom is 0.0710 e. The Labute approximate surface area is 109 Å². The van der Waals surface area contributed by atoms with Crippen LogP contribution in [-0.4, -0.2) is 44.3 Å². The summed E-state index contributed by atoms with van der Waals surface area (Å²) >= 11 is 0. The zero-order chi connectivity index (χ0) is 12.4. The Kier molecular flexibility index (Phi) is 3.64. The minimum atomic E-state index is 0.441. The van der Waals surface area contributed by atoms with E-state index in [1.807, 2.05) is 7.11 Å². The molecule has 1 saturated heterocycles. The molecule has 0 bridgehead atoms. The summed E-state index contributed by atoms with van der Waals surface area (Å²) in [7, 11) is 1.83. The van der Waals surface area contributed by atoms with Crippen LogP contribution in [0.1, 0.15) is 23.5 Å². The van der Waals surface area contributed by atoms with Gasteiger partial charge in [0, 0.05) is 45.8 Å². The third-order valence-electron chi connectivity index (χ3n) is 4.24. The normalized spacial score (nSPS) is 28.3. The van der Waals surface area contributed by atoms with Crippen LogP contribution in [-0.2, 0) is 11.3 Å². The summed E-state index contributed by atoms with van der Waals surface area (Å²) in [5.41, 5.74) is 3.01. The number of likely N-dealkylation sites (tertiary alicyclic amines) is 1. The average molecular weight is 246 g/mol. The number of benzene rings is 1. The highest BCUT2D eigenvalue weighted by Crippen LogP contribution is 2.26. The fourth-order valence-electron chi connectivity index (χ4n) is 3.21. The standard InChI is InChI=1S/C15H22N2O/c1-18-14-6-7-17(11-14)10-13-9-16-8-12-4-2-3-5-15(12)13/h2-5,13-14,16H,6-11H2,1H3. The number of ether oxygens (including phenoxy) is 1. The van der Waals surface area contributed by atoms with Gasteiger partial charge in [0.2, 0.25) is 0 Å². The molecule has 1 N–H and O–H groups in total. The highest BCUT2D eigenvalue weighted by atomic mass is 16.5. The summed E-state index contributed by atoms with van der Waals surface area (Å²) in [5, 5.41) is 3.53. The molecule has 3 nitrogen and oxygen atoms in total. The Morgan fingerprint density at radius 3 is 3.11 bits per heavy atom. The van der Waals surface area contributed by atoms with Gasteiger partial charge < -0.3 is 15.0 Å². The number of nitrogens with one attached hydrogen (secondary N) is 1. The van der Waals surface area contributed by atoms with Crippen LogP contribution in [0.15, 0.2) is 24.3 Å². The average Bonchev–Trinajstić information content (AvgIpc) is 2.87. The van der Waals surface area contributed by atoms with E-state index in [2.05, 4.69) is 34.5 Å². The zero-order valence-corrected chi connectivity index (χ0v) is 11.1. The van der Waals surface area contributed by atoms with Crippen molar-refractivity contribution in [2.45, 2.75) is 25.0 Å². The van der Waals surface area contributed by atoms with Crippen molar-refractivity contribution in [3.05, 3.63) is 35.4 Å². The molecule has 2 heterocycles. The molecule has 98 valence electrons. The van der Waals surface area contributed by atoms with E-state index in [4.69, 9.17) is 4.74 Å². The van der Waals surface area contributed by atoms with Crippen molar-refractivity contribution in [2.75, 3.05) is 33.3 Å². The molecule has 1 fully saturated rings. The lowest BCUT2D eigenvalue weighted by atomic mass is 9.90. The van der Waals surface area contributed by atoms with Gasteiger partial charge in [0.1, 0.15) is 0 Å². The Hall–Kier alpha value is -0.900. The predicted octanol–water partition coefficient (Wildman–Crippen LogP) is 1.59. The zero-order valence-electron chi connectivity index (χ0n) is 11.1. The van der Waals surface area contributed by atoms with Crippen molar-refractivity contribution in [1.29, 1.82) is 0 Å². The summed E-state index contributed by atoms with van der Waals surface area (Å²) in [6.07, 6.45) is 1.62. The first-order valence-corrected chi connectivity index (χ1v) is 6.90. The molecule has 2 aliphatic heterocycles. The summed E-state index contributed by atoms with van der Waals surface area (Å²) < 4.78 is 5.44. The van der Waals surface area contributed by atoms with Gasteiger partial charge in [-0.05, 0) is 17.5 Å². The molecule has 0 aromatic heterocycles. The van der Waals surface area contributed by atoms with E-state index in [0.717, 1.165) is 26.2 Å². The Balaban J connectivity index is 1.67. The number of rotatable bonds is 3. The Morgan fingerprint density at radius 1 is 1.39 bits per heavy atom. The van der Waals surface area contributed by atoms with Crippen molar-refractivity contribution in [3.63, 3.8) is 0 Å². The first kappa shape index (κ1) is 12.2. The van der Waals surface area contributed by atoms with Crippen LogP contribution in [0.4, 0.5) is 0 Å². The molecular formula is C15H22N2O. The fourth-order valence-corrected chi connectivity index (χ4v) is 3.21. The van der Waals surface area contributed by atoms with E-state index >= 15 is 0 Å². The van der Waals surface area contributed by atoms with Crippen LogP contribution >= 0.6 is 0 Å². The van der Waals surface area contributed by atoms with Crippen LogP contribution < -0.4 is 5.32 Å². The second-order valence-electron chi connectivity index (χ2n) is 5.43. The number of hydrogen-bond donors (Lipinski definition) is 1. The molecule has 3 rings (SSSR count). The Bertz CT molecular complexity index is 407. The number of nitrogens with zero attached hydrogens (tertiary/aromatic N) is 1. The predicted molar refractivity (Wildman–Crippen MR) is 72.7 cm³/mol. The van der Waals surface area contributed by atoms with E-state index in [1.54, 1.807) is 0 Å². The van der Waals surface area contributed by atoms with Crippen molar-refractivity contribution in [3.8, 4) is 0 Å². The van der Waals surface area contributed by atoms with E-state index in [-0.39, 0.29) is 0 Å². The topological polar surface area (TPSA) is 24.5 Å². The van der Waals surface area contributed by atoms with Crippen molar-refractivity contribution in [2.24, 2.45) is 0 Å². The molecular weight excluding hydrogens is 224 g/mol. The molecule has 1 aromatic carbocycles. The molecule has 3 heteroatoms. The van der Waals surface area contributed by atoms with Crippen LogP contribution in [0, 0.1) is 0 Å². The number of fused-ring (bicyclic) bond motifs is 1. The summed E-state index contributed by atoms with van der Waals surface area (Å²) in [6, 6.07) is 8.85. The van der Waals surface area contributed by atoms with Gasteiger partial charge in [-0.15, -0.1) is 0 Å². The minimum Gasteiger partial charge on any atom is -0.380 e. The SMILES string of the molecule is COC1CCN(CC2CNCc3ccccc32)C1. The quantitative estimate of drug-likeness (QED) is 0.876. The Morgan fingerprint density at radius 2 is 2.28 bits per heavy atom. The molecule has 18 heavy (non-hydrogen) atoms. The molecule has 0 aliphatic carbocycles. The highest BCUT2D eigenvalue weighted by molar-refractivity contribution is 5.32. The summed E-state index contributed by atoms with van der Waals surface area (Å²) in [6.45, 7) is 5.55. The van der Waals surface area contributed by atoms with Gasteiger partial charge in [-0.1, -0.05) is 24.3 Å². The second kappa shape index (κ2) is 5.39. The molecule has 0 saturated carbocycles. The molecule has 2 unspecified atom stereocenters. The van der Waals surface area contributed by atoms with Gasteiger partial charge >= 0.3 is 0 Å². The van der Waals surface area contributed by atoms with Crippen LogP contribution in [0.5, 0.6) is 0 Å². The molecule has 0 radical (unpaired) electrons. The van der Waals surface area contributed by atoms with E-state index in [0.29, 0.717) is 12.0 Å². The fraction of sp³-hybridized carbons (Fsp3) is 0.600. The van der Waals surface area contributed by atoms with E-state index in [9.17, 15) is 0 Å². The molecule has 2 atom stereocenters. The van der Waals surface area contributed by atoms with Crippen LogP contribution in [0.2, 0.25) is 0 Å². The molecule has 0 spiro atoms. The maximum absolute atomic E-state index is 5.44. The number of methoxy groups -OCH3 is 1. The van der Waals surface area contributed by atoms with Crippen LogP contribution in [0.3, 0.4) is 0 Å². The van der Waals surface area contributed by atoms with Gasteiger partial charge in [0.25, 0.3) is 0 Å². The van der Waals surface area contributed by atoms with Gasteiger partial charge in [-0.3, -0.25) is 0 Å².